The molecule has 1 aromatic rings. The van der Waals surface area contributed by atoms with Gasteiger partial charge in [-0.1, -0.05) is 50.3 Å². The predicted molar refractivity (Wildman–Crippen MR) is 81.5 cm³/mol. The van der Waals surface area contributed by atoms with Crippen molar-refractivity contribution in [3.63, 3.8) is 0 Å². The van der Waals surface area contributed by atoms with Crippen LogP contribution in [0.3, 0.4) is 0 Å². The third kappa shape index (κ3) is 4.05. The Morgan fingerprint density at radius 1 is 1.29 bits per heavy atom. The van der Waals surface area contributed by atoms with Crippen molar-refractivity contribution in [3.8, 4) is 0 Å². The number of allylic oxidation sites excluding steroid dienone is 2. The molecule has 0 unspecified atom stereocenters. The van der Waals surface area contributed by atoms with Gasteiger partial charge in [-0.05, 0) is 0 Å². The summed E-state index contributed by atoms with van der Waals surface area (Å²) in [5, 5.41) is 10.00. The largest absolute Gasteiger partial charge is 0.507 e. The van der Waals surface area contributed by atoms with Gasteiger partial charge < -0.3 is 9.84 Å². The zero-order valence-corrected chi connectivity index (χ0v) is 12.5. The van der Waals surface area contributed by atoms with Crippen LogP contribution in [0.4, 0.5) is 0 Å². The summed E-state index contributed by atoms with van der Waals surface area (Å²) in [4.78, 5) is 24.2. The van der Waals surface area contributed by atoms with Gasteiger partial charge in [0.05, 0.1) is 7.11 Å². The van der Waals surface area contributed by atoms with E-state index >= 15 is 0 Å². The molecule has 0 fully saturated rings. The molecule has 21 heavy (non-hydrogen) atoms. The molecule has 0 spiro atoms. The van der Waals surface area contributed by atoms with E-state index in [0.29, 0.717) is 5.56 Å². The van der Waals surface area contributed by atoms with Gasteiger partial charge in [0.25, 0.3) is 0 Å². The van der Waals surface area contributed by atoms with Crippen LogP contribution in [0.5, 0.6) is 0 Å². The van der Waals surface area contributed by atoms with E-state index in [-0.39, 0.29) is 5.76 Å². The molecule has 0 radical (unpaired) electrons. The fraction of sp³-hybridized carbons (Fsp3) is 0.294. The average molecular weight is 288 g/mol. The third-order valence-electron chi connectivity index (χ3n) is 3.34. The maximum atomic E-state index is 12.3. The standard InChI is InChI=1S/C17H20O4/c1-5-17(2,3)15(16(20)21-4)14(19)11-13(18)12-9-7-6-8-10-12/h5-11,15,18H,1H2,2-4H3/t15-/m0/s1. The van der Waals surface area contributed by atoms with Crippen molar-refractivity contribution in [2.45, 2.75) is 13.8 Å². The van der Waals surface area contributed by atoms with Gasteiger partial charge in [-0.3, -0.25) is 9.59 Å². The Morgan fingerprint density at radius 2 is 1.86 bits per heavy atom. The summed E-state index contributed by atoms with van der Waals surface area (Å²) in [6.45, 7) is 7.08. The van der Waals surface area contributed by atoms with E-state index in [1.54, 1.807) is 44.2 Å². The normalized spacial score (nSPS) is 13.4. The molecule has 0 amide bonds. The molecule has 4 heteroatoms. The van der Waals surface area contributed by atoms with Gasteiger partial charge in [0.1, 0.15) is 11.7 Å². The Labute approximate surface area is 124 Å². The second kappa shape index (κ2) is 6.88. The van der Waals surface area contributed by atoms with E-state index in [2.05, 4.69) is 6.58 Å². The van der Waals surface area contributed by atoms with Gasteiger partial charge in [-0.15, -0.1) is 6.58 Å². The fourth-order valence-corrected chi connectivity index (χ4v) is 1.93. The fourth-order valence-electron chi connectivity index (χ4n) is 1.93. The Bertz CT molecular complexity index is 555. The van der Waals surface area contributed by atoms with Crippen molar-refractivity contribution < 1.29 is 19.4 Å². The van der Waals surface area contributed by atoms with Gasteiger partial charge in [0.15, 0.2) is 5.78 Å². The SMILES string of the molecule is C=CC(C)(C)[C@@H](C(=O)C=C(O)c1ccccc1)C(=O)OC. The molecule has 1 rings (SSSR count). The molecule has 0 heterocycles. The first-order valence-electron chi connectivity index (χ1n) is 6.55. The first-order chi connectivity index (χ1) is 9.83. The molecular weight excluding hydrogens is 268 g/mol. The van der Waals surface area contributed by atoms with E-state index in [0.717, 1.165) is 6.08 Å². The summed E-state index contributed by atoms with van der Waals surface area (Å²) in [5.74, 6) is -2.41. The van der Waals surface area contributed by atoms with E-state index in [1.165, 1.54) is 13.2 Å². The third-order valence-corrected chi connectivity index (χ3v) is 3.34. The molecule has 0 aliphatic rings. The second-order valence-electron chi connectivity index (χ2n) is 5.28. The maximum absolute atomic E-state index is 12.3. The smallest absolute Gasteiger partial charge is 0.317 e. The topological polar surface area (TPSA) is 63.6 Å². The molecule has 0 saturated heterocycles. The van der Waals surface area contributed by atoms with Gasteiger partial charge in [0, 0.05) is 17.1 Å². The maximum Gasteiger partial charge on any atom is 0.317 e. The van der Waals surface area contributed by atoms with Crippen molar-refractivity contribution in [3.05, 3.63) is 54.6 Å². The van der Waals surface area contributed by atoms with Crippen LogP contribution in [0.2, 0.25) is 0 Å². The Hall–Kier alpha value is -2.36. The Kier molecular flexibility index (Phi) is 5.47. The number of ether oxygens (including phenoxy) is 1. The van der Waals surface area contributed by atoms with Crippen LogP contribution in [0.15, 0.2) is 49.1 Å². The highest BCUT2D eigenvalue weighted by molar-refractivity contribution is 6.08. The number of ketones is 1. The number of carbonyl (C=O) groups is 2. The minimum absolute atomic E-state index is 0.186. The highest BCUT2D eigenvalue weighted by atomic mass is 16.5. The number of rotatable bonds is 6. The highest BCUT2D eigenvalue weighted by Crippen LogP contribution is 2.30. The number of hydrogen-bond donors (Lipinski definition) is 1. The molecule has 0 bridgehead atoms. The van der Waals surface area contributed by atoms with Crippen LogP contribution in [-0.2, 0) is 14.3 Å². The lowest BCUT2D eigenvalue weighted by molar-refractivity contribution is -0.151. The summed E-state index contributed by atoms with van der Waals surface area (Å²) >= 11 is 0. The number of benzene rings is 1. The van der Waals surface area contributed by atoms with Gasteiger partial charge in [0.2, 0.25) is 0 Å². The molecule has 0 saturated carbocycles. The Morgan fingerprint density at radius 3 is 2.33 bits per heavy atom. The van der Waals surface area contributed by atoms with Crippen molar-refractivity contribution in [2.75, 3.05) is 7.11 Å². The lowest BCUT2D eigenvalue weighted by Gasteiger charge is -2.27. The van der Waals surface area contributed by atoms with Crippen LogP contribution in [0.25, 0.3) is 5.76 Å². The first kappa shape index (κ1) is 16.7. The summed E-state index contributed by atoms with van der Waals surface area (Å²) in [6, 6.07) is 8.64. The molecule has 1 atom stereocenters. The van der Waals surface area contributed by atoms with Crippen molar-refractivity contribution >= 4 is 17.5 Å². The van der Waals surface area contributed by atoms with Crippen LogP contribution in [0.1, 0.15) is 19.4 Å². The molecule has 1 N–H and O–H groups in total. The first-order valence-corrected chi connectivity index (χ1v) is 6.55. The number of carbonyl (C=O) groups excluding carboxylic acids is 2. The van der Waals surface area contributed by atoms with Gasteiger partial charge >= 0.3 is 5.97 Å². The predicted octanol–water partition coefficient (Wildman–Crippen LogP) is 3.16. The summed E-state index contributed by atoms with van der Waals surface area (Å²) in [6.07, 6.45) is 2.59. The lowest BCUT2D eigenvalue weighted by Crippen LogP contribution is -2.36. The van der Waals surface area contributed by atoms with E-state index in [1.807, 2.05) is 0 Å². The molecule has 112 valence electrons. The van der Waals surface area contributed by atoms with E-state index in [9.17, 15) is 14.7 Å². The van der Waals surface area contributed by atoms with Crippen molar-refractivity contribution in [1.82, 2.24) is 0 Å². The number of hydrogen-bond acceptors (Lipinski definition) is 4. The Balaban J connectivity index is 3.13. The zero-order valence-electron chi connectivity index (χ0n) is 12.5. The monoisotopic (exact) mass is 288 g/mol. The van der Waals surface area contributed by atoms with Gasteiger partial charge in [-0.2, -0.15) is 0 Å². The zero-order chi connectivity index (χ0) is 16.0. The van der Waals surface area contributed by atoms with Crippen molar-refractivity contribution in [1.29, 1.82) is 0 Å². The summed E-state index contributed by atoms with van der Waals surface area (Å²) < 4.78 is 4.69. The second-order valence-corrected chi connectivity index (χ2v) is 5.28. The molecule has 0 aliphatic heterocycles. The molecule has 0 aliphatic carbocycles. The minimum Gasteiger partial charge on any atom is -0.507 e. The van der Waals surface area contributed by atoms with E-state index < -0.39 is 23.1 Å². The number of esters is 1. The minimum atomic E-state index is -1.05. The molecule has 1 aromatic carbocycles. The van der Waals surface area contributed by atoms with Crippen LogP contribution < -0.4 is 0 Å². The molecular formula is C17H20O4. The number of methoxy groups -OCH3 is 1. The van der Waals surface area contributed by atoms with Crippen LogP contribution in [-0.4, -0.2) is 24.0 Å². The highest BCUT2D eigenvalue weighted by Gasteiger charge is 2.39. The van der Waals surface area contributed by atoms with E-state index in [4.69, 9.17) is 4.74 Å². The molecule has 0 aromatic heterocycles. The van der Waals surface area contributed by atoms with Gasteiger partial charge in [-0.25, -0.2) is 0 Å². The number of aliphatic hydroxyl groups excluding tert-OH is 1. The quantitative estimate of drug-likeness (QED) is 0.287. The molecule has 4 nitrogen and oxygen atoms in total. The van der Waals surface area contributed by atoms with Crippen LogP contribution in [0, 0.1) is 11.3 Å². The van der Waals surface area contributed by atoms with Crippen molar-refractivity contribution in [2.24, 2.45) is 11.3 Å². The summed E-state index contributed by atoms with van der Waals surface area (Å²) in [5.41, 5.74) is -0.275. The number of aliphatic hydroxyl groups is 1. The average Bonchev–Trinajstić information content (AvgIpc) is 2.47. The van der Waals surface area contributed by atoms with Crippen LogP contribution >= 0.6 is 0 Å². The summed E-state index contributed by atoms with van der Waals surface area (Å²) in [7, 11) is 1.22. The lowest BCUT2D eigenvalue weighted by atomic mass is 9.76.